The summed E-state index contributed by atoms with van der Waals surface area (Å²) in [7, 11) is -2.81. The molecule has 3 aromatic rings. The molecule has 2 heterocycles. The molecule has 0 spiro atoms. The van der Waals surface area contributed by atoms with Crippen molar-refractivity contribution >= 4 is 31.6 Å². The highest BCUT2D eigenvalue weighted by molar-refractivity contribution is 7.91. The molecule has 1 fully saturated rings. The van der Waals surface area contributed by atoms with Crippen LogP contribution in [-0.2, 0) is 16.4 Å². The highest BCUT2D eigenvalue weighted by Gasteiger charge is 2.21. The van der Waals surface area contributed by atoms with Gasteiger partial charge in [-0.15, -0.1) is 5.10 Å². The molecule has 24 heavy (non-hydrogen) atoms. The minimum atomic E-state index is -2.81. The van der Waals surface area contributed by atoms with Gasteiger partial charge in [0.15, 0.2) is 9.84 Å². The monoisotopic (exact) mass is 359 g/mol. The Morgan fingerprint density at radius 1 is 1.00 bits per heavy atom. The highest BCUT2D eigenvalue weighted by atomic mass is 32.2. The van der Waals surface area contributed by atoms with E-state index in [1.165, 1.54) is 17.1 Å². The van der Waals surface area contributed by atoms with Crippen LogP contribution in [0.4, 0.5) is 0 Å². The van der Waals surface area contributed by atoms with E-state index in [1.807, 2.05) is 6.07 Å². The number of sulfone groups is 1. The lowest BCUT2D eigenvalue weighted by molar-refractivity contribution is 0.287. The van der Waals surface area contributed by atoms with Crippen molar-refractivity contribution in [1.29, 1.82) is 0 Å². The Hall–Kier alpha value is -1.83. The molecule has 1 saturated heterocycles. The molecule has 5 nitrogen and oxygen atoms in total. The molecule has 0 radical (unpaired) electrons. The fourth-order valence-electron chi connectivity index (χ4n) is 2.93. The lowest BCUT2D eigenvalue weighted by Crippen LogP contribution is -2.39. The van der Waals surface area contributed by atoms with E-state index in [-0.39, 0.29) is 11.5 Å². The van der Waals surface area contributed by atoms with E-state index in [9.17, 15) is 8.42 Å². The van der Waals surface area contributed by atoms with E-state index < -0.39 is 9.84 Å². The fourth-order valence-corrected chi connectivity index (χ4v) is 4.80. The number of nitrogens with zero attached hydrogens (tertiary/aromatic N) is 3. The predicted molar refractivity (Wildman–Crippen MR) is 96.8 cm³/mol. The van der Waals surface area contributed by atoms with Gasteiger partial charge in [0.05, 0.1) is 16.2 Å². The maximum atomic E-state index is 11.5. The average Bonchev–Trinajstić information content (AvgIpc) is 3.05. The summed E-state index contributed by atoms with van der Waals surface area (Å²) in [6, 6.07) is 14.6. The molecule has 1 aliphatic rings. The van der Waals surface area contributed by atoms with Gasteiger partial charge in [-0.05, 0) is 40.4 Å². The first-order valence-electron chi connectivity index (χ1n) is 7.83. The number of hydrogen-bond acceptors (Lipinski definition) is 6. The van der Waals surface area contributed by atoms with Crippen molar-refractivity contribution in [2.45, 2.75) is 6.54 Å². The van der Waals surface area contributed by atoms with Crippen molar-refractivity contribution in [2.24, 2.45) is 0 Å². The van der Waals surface area contributed by atoms with Crippen molar-refractivity contribution in [3.63, 3.8) is 0 Å². The largest absolute Gasteiger partial charge is 0.297 e. The van der Waals surface area contributed by atoms with Crippen LogP contribution in [0.5, 0.6) is 0 Å². The maximum Gasteiger partial charge on any atom is 0.152 e. The summed E-state index contributed by atoms with van der Waals surface area (Å²) in [4.78, 5) is 2.20. The normalized spacial score (nSPS) is 18.0. The van der Waals surface area contributed by atoms with Gasteiger partial charge in [0.1, 0.15) is 5.52 Å². The van der Waals surface area contributed by atoms with Gasteiger partial charge < -0.3 is 0 Å². The molecule has 1 aromatic heterocycles. The van der Waals surface area contributed by atoms with E-state index >= 15 is 0 Å². The Bertz CT molecular complexity index is 951. The van der Waals surface area contributed by atoms with Gasteiger partial charge in [-0.1, -0.05) is 34.8 Å². The second kappa shape index (κ2) is 6.23. The standard InChI is InChI=1S/C17H17N3O2S2/c21-24(22)9-7-20(8-10-24)12-13-1-3-14(4-2-13)15-5-6-16-17(11-15)23-19-18-16/h1-6,11H,7-10,12H2. The maximum absolute atomic E-state index is 11.5. The molecule has 0 atom stereocenters. The zero-order chi connectivity index (χ0) is 16.6. The van der Waals surface area contributed by atoms with Crippen molar-refractivity contribution in [3.05, 3.63) is 48.0 Å². The molecule has 4 rings (SSSR count). The summed E-state index contributed by atoms with van der Waals surface area (Å²) < 4.78 is 28.0. The zero-order valence-electron chi connectivity index (χ0n) is 13.1. The molecule has 124 valence electrons. The predicted octanol–water partition coefficient (Wildman–Crippen LogP) is 2.59. The van der Waals surface area contributed by atoms with Gasteiger partial charge in [-0.2, -0.15) is 0 Å². The van der Waals surface area contributed by atoms with Crippen molar-refractivity contribution in [3.8, 4) is 11.1 Å². The van der Waals surface area contributed by atoms with Crippen LogP contribution < -0.4 is 0 Å². The molecule has 0 unspecified atom stereocenters. The molecule has 0 N–H and O–H groups in total. The van der Waals surface area contributed by atoms with Gasteiger partial charge in [0.2, 0.25) is 0 Å². The molecule has 0 bridgehead atoms. The first-order chi connectivity index (χ1) is 11.6. The van der Waals surface area contributed by atoms with Gasteiger partial charge >= 0.3 is 0 Å². The van der Waals surface area contributed by atoms with E-state index in [0.717, 1.165) is 27.9 Å². The van der Waals surface area contributed by atoms with Gasteiger partial charge in [0, 0.05) is 19.6 Å². The molecule has 1 aliphatic heterocycles. The second-order valence-electron chi connectivity index (χ2n) is 6.08. The topological polar surface area (TPSA) is 63.2 Å². The van der Waals surface area contributed by atoms with E-state index in [2.05, 4.69) is 50.9 Å². The Balaban J connectivity index is 1.48. The van der Waals surface area contributed by atoms with Crippen LogP contribution in [0.1, 0.15) is 5.56 Å². The van der Waals surface area contributed by atoms with Crippen LogP contribution in [0.2, 0.25) is 0 Å². The van der Waals surface area contributed by atoms with E-state index in [1.54, 1.807) is 0 Å². The number of benzene rings is 2. The van der Waals surface area contributed by atoms with E-state index in [4.69, 9.17) is 0 Å². The van der Waals surface area contributed by atoms with Gasteiger partial charge in [0.25, 0.3) is 0 Å². The van der Waals surface area contributed by atoms with Crippen LogP contribution in [-0.4, -0.2) is 47.5 Å². The Morgan fingerprint density at radius 3 is 2.46 bits per heavy atom. The number of aromatic nitrogens is 2. The SMILES string of the molecule is O=S1(=O)CCN(Cc2ccc(-c3ccc4nnsc4c3)cc2)CC1. The molecular weight excluding hydrogens is 342 g/mol. The van der Waals surface area contributed by atoms with Crippen LogP contribution in [0.3, 0.4) is 0 Å². The lowest BCUT2D eigenvalue weighted by atomic mass is 10.0. The molecule has 0 amide bonds. The van der Waals surface area contributed by atoms with Crippen LogP contribution >= 0.6 is 11.5 Å². The first kappa shape index (κ1) is 15.7. The Labute approximate surface area is 145 Å². The van der Waals surface area contributed by atoms with Crippen LogP contribution in [0, 0.1) is 0 Å². The molecule has 7 heteroatoms. The Morgan fingerprint density at radius 2 is 1.71 bits per heavy atom. The van der Waals surface area contributed by atoms with Crippen molar-refractivity contribution in [1.82, 2.24) is 14.5 Å². The summed E-state index contributed by atoms with van der Waals surface area (Å²) in [5, 5.41) is 4.06. The first-order valence-corrected chi connectivity index (χ1v) is 10.4. The second-order valence-corrected chi connectivity index (χ2v) is 9.17. The lowest BCUT2D eigenvalue weighted by Gasteiger charge is -2.26. The third-order valence-electron chi connectivity index (χ3n) is 4.38. The van der Waals surface area contributed by atoms with Gasteiger partial charge in [-0.3, -0.25) is 4.90 Å². The molecule has 0 aliphatic carbocycles. The third kappa shape index (κ3) is 3.33. The van der Waals surface area contributed by atoms with Crippen molar-refractivity contribution < 1.29 is 8.42 Å². The highest BCUT2D eigenvalue weighted by Crippen LogP contribution is 2.25. The summed E-state index contributed by atoms with van der Waals surface area (Å²) >= 11 is 1.41. The summed E-state index contributed by atoms with van der Waals surface area (Å²) in [6.45, 7) is 2.05. The molecule has 0 saturated carbocycles. The van der Waals surface area contributed by atoms with Crippen LogP contribution in [0.15, 0.2) is 42.5 Å². The summed E-state index contributed by atoms with van der Waals surface area (Å²) in [6.07, 6.45) is 0. The molecule has 2 aromatic carbocycles. The smallest absolute Gasteiger partial charge is 0.152 e. The summed E-state index contributed by atoms with van der Waals surface area (Å²) in [5.74, 6) is 0.544. The number of fused-ring (bicyclic) bond motifs is 1. The number of hydrogen-bond donors (Lipinski definition) is 0. The van der Waals surface area contributed by atoms with E-state index in [0.29, 0.717) is 13.1 Å². The Kier molecular flexibility index (Phi) is 4.07. The quantitative estimate of drug-likeness (QED) is 0.719. The number of rotatable bonds is 3. The van der Waals surface area contributed by atoms with Crippen LogP contribution in [0.25, 0.3) is 21.3 Å². The summed E-state index contributed by atoms with van der Waals surface area (Å²) in [5.41, 5.74) is 4.46. The minimum Gasteiger partial charge on any atom is -0.297 e. The minimum absolute atomic E-state index is 0.272. The molecular formula is C17H17N3O2S2. The van der Waals surface area contributed by atoms with Gasteiger partial charge in [-0.25, -0.2) is 8.42 Å². The average molecular weight is 359 g/mol. The van der Waals surface area contributed by atoms with Crippen molar-refractivity contribution in [2.75, 3.05) is 24.6 Å². The zero-order valence-corrected chi connectivity index (χ0v) is 14.7. The fraction of sp³-hybridized carbons (Fsp3) is 0.294. The third-order valence-corrected chi connectivity index (χ3v) is 6.67.